The molecule has 1 fully saturated rings. The minimum absolute atomic E-state index is 0.0866. The third kappa shape index (κ3) is 2.45. The van der Waals surface area contributed by atoms with Gasteiger partial charge in [-0.1, -0.05) is 0 Å². The first-order valence-corrected chi connectivity index (χ1v) is 4.68. The van der Waals surface area contributed by atoms with Crippen molar-refractivity contribution in [1.29, 1.82) is 0 Å². The van der Waals surface area contributed by atoms with Gasteiger partial charge in [0.15, 0.2) is 0 Å². The fraction of sp³-hybridized carbons (Fsp3) is 0.778. The lowest BCUT2D eigenvalue weighted by Crippen LogP contribution is -2.50. The summed E-state index contributed by atoms with van der Waals surface area (Å²) in [4.78, 5) is 21.2. The molecule has 0 spiro atoms. The fourth-order valence-corrected chi connectivity index (χ4v) is 1.86. The molecule has 1 aliphatic carbocycles. The topological polar surface area (TPSA) is 101 Å². The average Bonchev–Trinajstić information content (AvgIpc) is 2.08. The van der Waals surface area contributed by atoms with Crippen molar-refractivity contribution in [2.75, 3.05) is 0 Å². The third-order valence-electron chi connectivity index (χ3n) is 2.89. The Labute approximate surface area is 81.9 Å². The molecule has 1 aliphatic rings. The fourth-order valence-electron chi connectivity index (χ4n) is 1.86. The van der Waals surface area contributed by atoms with Crippen LogP contribution in [0.2, 0.25) is 0 Å². The molecular formula is C9H15NO4. The van der Waals surface area contributed by atoms with Crippen molar-refractivity contribution in [3.63, 3.8) is 0 Å². The van der Waals surface area contributed by atoms with E-state index in [9.17, 15) is 9.59 Å². The van der Waals surface area contributed by atoms with E-state index in [1.165, 1.54) is 0 Å². The summed E-state index contributed by atoms with van der Waals surface area (Å²) >= 11 is 0. The number of carboxylic acids is 2. The van der Waals surface area contributed by atoms with Crippen LogP contribution in [0.25, 0.3) is 0 Å². The van der Waals surface area contributed by atoms with Crippen LogP contribution in [0.5, 0.6) is 0 Å². The molecule has 0 heterocycles. The Balaban J connectivity index is 2.45. The second kappa shape index (κ2) is 3.96. The highest BCUT2D eigenvalue weighted by Crippen LogP contribution is 2.32. The van der Waals surface area contributed by atoms with Crippen LogP contribution in [-0.4, -0.2) is 27.7 Å². The van der Waals surface area contributed by atoms with Crippen molar-refractivity contribution < 1.29 is 19.8 Å². The molecule has 0 saturated heterocycles. The first-order chi connectivity index (χ1) is 6.44. The van der Waals surface area contributed by atoms with Gasteiger partial charge in [0.2, 0.25) is 0 Å². The van der Waals surface area contributed by atoms with E-state index in [-0.39, 0.29) is 12.3 Å². The highest BCUT2D eigenvalue weighted by Gasteiger charge is 2.38. The lowest BCUT2D eigenvalue weighted by molar-refractivity contribution is -0.145. The molecular weight excluding hydrogens is 186 g/mol. The number of carboxylic acid groups (broad SMARTS) is 2. The Bertz CT molecular complexity index is 243. The van der Waals surface area contributed by atoms with Crippen molar-refractivity contribution in [3.8, 4) is 0 Å². The summed E-state index contributed by atoms with van der Waals surface area (Å²) in [6, 6.07) is 0. The molecule has 5 nitrogen and oxygen atoms in total. The molecule has 0 amide bonds. The van der Waals surface area contributed by atoms with Crippen molar-refractivity contribution >= 4 is 11.9 Å². The van der Waals surface area contributed by atoms with Crippen molar-refractivity contribution in [2.45, 2.75) is 37.6 Å². The van der Waals surface area contributed by atoms with Gasteiger partial charge in [-0.05, 0) is 31.6 Å². The summed E-state index contributed by atoms with van der Waals surface area (Å²) in [6.45, 7) is 0. The zero-order chi connectivity index (χ0) is 10.8. The molecule has 0 aromatic carbocycles. The quantitative estimate of drug-likeness (QED) is 0.614. The molecule has 0 bridgehead atoms. The normalized spacial score (nSPS) is 32.5. The average molecular weight is 201 g/mol. The highest BCUT2D eigenvalue weighted by molar-refractivity contribution is 5.78. The molecule has 0 aromatic heterocycles. The van der Waals surface area contributed by atoms with Gasteiger partial charge >= 0.3 is 11.9 Å². The molecule has 5 heteroatoms. The molecule has 80 valence electrons. The molecule has 0 atom stereocenters. The van der Waals surface area contributed by atoms with Gasteiger partial charge in [-0.2, -0.15) is 0 Å². The van der Waals surface area contributed by atoms with Crippen molar-refractivity contribution in [3.05, 3.63) is 0 Å². The predicted octanol–water partition coefficient (Wildman–Crippen LogP) is 0.433. The second-order valence-corrected chi connectivity index (χ2v) is 4.00. The summed E-state index contributed by atoms with van der Waals surface area (Å²) in [6.07, 6.45) is 2.06. The molecule has 14 heavy (non-hydrogen) atoms. The van der Waals surface area contributed by atoms with Crippen LogP contribution in [0.1, 0.15) is 32.1 Å². The van der Waals surface area contributed by atoms with Crippen LogP contribution in [0.4, 0.5) is 0 Å². The smallest absolute Gasteiger partial charge is 0.323 e. The van der Waals surface area contributed by atoms with E-state index in [0.717, 1.165) is 0 Å². The first kappa shape index (κ1) is 11.0. The summed E-state index contributed by atoms with van der Waals surface area (Å²) in [5.74, 6) is -1.72. The molecule has 4 N–H and O–H groups in total. The van der Waals surface area contributed by atoms with E-state index < -0.39 is 17.5 Å². The highest BCUT2D eigenvalue weighted by atomic mass is 16.4. The summed E-state index contributed by atoms with van der Waals surface area (Å²) in [5.41, 5.74) is 4.52. The minimum Gasteiger partial charge on any atom is -0.481 e. The van der Waals surface area contributed by atoms with Gasteiger partial charge in [-0.15, -0.1) is 0 Å². The van der Waals surface area contributed by atoms with Crippen LogP contribution in [0, 0.1) is 5.92 Å². The molecule has 0 unspecified atom stereocenters. The minimum atomic E-state index is -1.13. The predicted molar refractivity (Wildman–Crippen MR) is 48.8 cm³/mol. The van der Waals surface area contributed by atoms with Crippen molar-refractivity contribution in [2.24, 2.45) is 11.7 Å². The number of nitrogens with two attached hydrogens (primary N) is 1. The third-order valence-corrected chi connectivity index (χ3v) is 2.89. The first-order valence-electron chi connectivity index (χ1n) is 4.68. The van der Waals surface area contributed by atoms with Gasteiger partial charge in [-0.25, -0.2) is 0 Å². The molecule has 0 aliphatic heterocycles. The Kier molecular flexibility index (Phi) is 3.10. The van der Waals surface area contributed by atoms with Crippen LogP contribution < -0.4 is 5.73 Å². The van der Waals surface area contributed by atoms with Gasteiger partial charge in [0.25, 0.3) is 0 Å². The maximum absolute atomic E-state index is 10.8. The summed E-state index contributed by atoms with van der Waals surface area (Å²) in [7, 11) is 0. The van der Waals surface area contributed by atoms with Crippen LogP contribution in [0.3, 0.4) is 0 Å². The lowest BCUT2D eigenvalue weighted by Gasteiger charge is -2.32. The Morgan fingerprint density at radius 2 is 1.79 bits per heavy atom. The van der Waals surface area contributed by atoms with Gasteiger partial charge in [0, 0.05) is 6.42 Å². The Morgan fingerprint density at radius 3 is 2.14 bits per heavy atom. The van der Waals surface area contributed by atoms with E-state index in [4.69, 9.17) is 15.9 Å². The number of aliphatic carboxylic acids is 2. The molecule has 1 rings (SSSR count). The van der Waals surface area contributed by atoms with Crippen molar-refractivity contribution in [1.82, 2.24) is 0 Å². The van der Waals surface area contributed by atoms with Crippen LogP contribution in [0.15, 0.2) is 0 Å². The molecule has 0 aromatic rings. The van der Waals surface area contributed by atoms with E-state index in [0.29, 0.717) is 25.7 Å². The molecule has 0 radical (unpaired) electrons. The Morgan fingerprint density at radius 1 is 1.29 bits per heavy atom. The largest absolute Gasteiger partial charge is 0.481 e. The lowest BCUT2D eigenvalue weighted by atomic mass is 9.76. The maximum atomic E-state index is 10.8. The second-order valence-electron chi connectivity index (χ2n) is 4.00. The zero-order valence-electron chi connectivity index (χ0n) is 7.90. The number of hydrogen-bond donors (Lipinski definition) is 3. The van der Waals surface area contributed by atoms with E-state index >= 15 is 0 Å². The maximum Gasteiger partial charge on any atom is 0.323 e. The van der Waals surface area contributed by atoms with Crippen LogP contribution in [-0.2, 0) is 9.59 Å². The van der Waals surface area contributed by atoms with E-state index in [2.05, 4.69) is 0 Å². The van der Waals surface area contributed by atoms with Gasteiger partial charge < -0.3 is 15.9 Å². The van der Waals surface area contributed by atoms with E-state index in [1.807, 2.05) is 0 Å². The van der Waals surface area contributed by atoms with Gasteiger partial charge in [-0.3, -0.25) is 9.59 Å². The summed E-state index contributed by atoms with van der Waals surface area (Å²) in [5, 5.41) is 17.4. The van der Waals surface area contributed by atoms with Crippen LogP contribution >= 0.6 is 0 Å². The number of carbonyl (C=O) groups is 2. The number of hydrogen-bond acceptors (Lipinski definition) is 3. The Hall–Kier alpha value is -1.10. The van der Waals surface area contributed by atoms with E-state index in [1.54, 1.807) is 0 Å². The number of rotatable bonds is 3. The zero-order valence-corrected chi connectivity index (χ0v) is 7.90. The van der Waals surface area contributed by atoms with Gasteiger partial charge in [0.1, 0.15) is 5.54 Å². The standard InChI is InChI=1S/C9H15NO4/c10-9(8(13)14)3-1-6(2-4-9)5-7(11)12/h6H,1-5,10H2,(H,11,12)(H,13,14). The SMILES string of the molecule is NC1(C(=O)O)CCC(CC(=O)O)CC1. The van der Waals surface area contributed by atoms with Gasteiger partial charge in [0.05, 0.1) is 0 Å². The summed E-state index contributed by atoms with van der Waals surface area (Å²) < 4.78 is 0. The monoisotopic (exact) mass is 201 g/mol. The molecule has 1 saturated carbocycles.